The Kier molecular flexibility index (Phi) is 3.67. The highest BCUT2D eigenvalue weighted by Crippen LogP contribution is 2.40. The first kappa shape index (κ1) is 13.1. The van der Waals surface area contributed by atoms with Crippen LogP contribution in [0.25, 0.3) is 0 Å². The number of hydrogen-bond acceptors (Lipinski definition) is 1. The van der Waals surface area contributed by atoms with Crippen LogP contribution in [-0.4, -0.2) is 5.11 Å². The molecule has 94 valence electrons. The lowest BCUT2D eigenvalue weighted by Crippen LogP contribution is -2.22. The molecular formula is C13H15Cl2FO. The van der Waals surface area contributed by atoms with Crippen LogP contribution in [0, 0.1) is 11.7 Å². The molecule has 1 atom stereocenters. The number of hydrogen-bond donors (Lipinski definition) is 1. The number of aliphatic hydroxyl groups is 1. The summed E-state index contributed by atoms with van der Waals surface area (Å²) < 4.78 is 13.4. The van der Waals surface area contributed by atoms with Crippen LogP contribution in [0.4, 0.5) is 4.39 Å². The average molecular weight is 277 g/mol. The predicted octanol–water partition coefficient (Wildman–Crippen LogP) is 4.53. The van der Waals surface area contributed by atoms with E-state index in [0.29, 0.717) is 17.0 Å². The summed E-state index contributed by atoms with van der Waals surface area (Å²) in [5.41, 5.74) is -0.674. The van der Waals surface area contributed by atoms with Crippen LogP contribution in [0.1, 0.15) is 38.2 Å². The maximum atomic E-state index is 13.4. The molecule has 1 aliphatic rings. The second kappa shape index (κ2) is 4.75. The molecule has 1 aromatic rings. The van der Waals surface area contributed by atoms with Crippen LogP contribution >= 0.6 is 23.2 Å². The van der Waals surface area contributed by atoms with Gasteiger partial charge in [-0.05, 0) is 37.8 Å². The molecule has 2 rings (SSSR count). The molecule has 1 N–H and O–H groups in total. The molecule has 1 aliphatic carbocycles. The topological polar surface area (TPSA) is 20.2 Å². The minimum atomic E-state index is -1.09. The summed E-state index contributed by atoms with van der Waals surface area (Å²) in [5.74, 6) is 0.176. The highest BCUT2D eigenvalue weighted by Gasteiger charge is 2.30. The van der Waals surface area contributed by atoms with Crippen molar-refractivity contribution in [3.8, 4) is 0 Å². The zero-order valence-electron chi connectivity index (χ0n) is 9.64. The highest BCUT2D eigenvalue weighted by molar-refractivity contribution is 6.35. The van der Waals surface area contributed by atoms with E-state index in [-0.39, 0.29) is 5.02 Å². The quantitative estimate of drug-likeness (QED) is 0.801. The van der Waals surface area contributed by atoms with E-state index in [0.717, 1.165) is 12.3 Å². The molecule has 0 bridgehead atoms. The van der Waals surface area contributed by atoms with Crippen LogP contribution in [0.15, 0.2) is 12.1 Å². The van der Waals surface area contributed by atoms with Gasteiger partial charge in [-0.2, -0.15) is 0 Å². The Hall–Kier alpha value is -0.310. The van der Waals surface area contributed by atoms with Crippen molar-refractivity contribution in [3.63, 3.8) is 0 Å². The third-order valence-electron chi connectivity index (χ3n) is 3.33. The van der Waals surface area contributed by atoms with E-state index in [4.69, 9.17) is 23.2 Å². The van der Waals surface area contributed by atoms with Gasteiger partial charge in [0.1, 0.15) is 5.82 Å². The summed E-state index contributed by atoms with van der Waals surface area (Å²) in [6.45, 7) is 1.67. The van der Waals surface area contributed by atoms with Gasteiger partial charge in [-0.1, -0.05) is 36.0 Å². The normalized spacial score (nSPS) is 19.1. The lowest BCUT2D eigenvalue weighted by atomic mass is 9.90. The molecule has 0 aliphatic heterocycles. The first-order valence-corrected chi connectivity index (χ1v) is 6.53. The summed E-state index contributed by atoms with van der Waals surface area (Å²) in [6.07, 6.45) is 4.02. The molecule has 0 heterocycles. The van der Waals surface area contributed by atoms with Crippen LogP contribution in [0.3, 0.4) is 0 Å². The number of rotatable bonds is 4. The van der Waals surface area contributed by atoms with Crippen LogP contribution < -0.4 is 0 Å². The molecule has 0 spiro atoms. The monoisotopic (exact) mass is 276 g/mol. The molecule has 1 fully saturated rings. The lowest BCUT2D eigenvalue weighted by Gasteiger charge is -2.25. The lowest BCUT2D eigenvalue weighted by molar-refractivity contribution is 0.0438. The Morgan fingerprint density at radius 3 is 2.59 bits per heavy atom. The molecular weight excluding hydrogens is 262 g/mol. The minimum Gasteiger partial charge on any atom is -0.385 e. The Bertz CT molecular complexity index is 428. The van der Waals surface area contributed by atoms with Gasteiger partial charge in [0, 0.05) is 10.6 Å². The summed E-state index contributed by atoms with van der Waals surface area (Å²) in [6, 6.07) is 2.58. The Morgan fingerprint density at radius 2 is 2.00 bits per heavy atom. The molecule has 4 heteroatoms. The van der Waals surface area contributed by atoms with Crippen molar-refractivity contribution in [3.05, 3.63) is 33.6 Å². The van der Waals surface area contributed by atoms with Gasteiger partial charge in [0.15, 0.2) is 0 Å². The largest absolute Gasteiger partial charge is 0.385 e. The first-order chi connectivity index (χ1) is 7.90. The Morgan fingerprint density at radius 1 is 1.35 bits per heavy atom. The summed E-state index contributed by atoms with van der Waals surface area (Å²) in [5, 5.41) is 10.7. The van der Waals surface area contributed by atoms with E-state index in [2.05, 4.69) is 0 Å². The molecule has 17 heavy (non-hydrogen) atoms. The third-order valence-corrected chi connectivity index (χ3v) is 3.93. The SMILES string of the molecule is CC(O)(CCC1CC1)c1cc(F)c(Cl)cc1Cl. The van der Waals surface area contributed by atoms with E-state index >= 15 is 0 Å². The van der Waals surface area contributed by atoms with Gasteiger partial charge in [0.2, 0.25) is 0 Å². The van der Waals surface area contributed by atoms with Gasteiger partial charge < -0.3 is 5.11 Å². The third kappa shape index (κ3) is 3.12. The summed E-state index contributed by atoms with van der Waals surface area (Å²) in [7, 11) is 0. The van der Waals surface area contributed by atoms with Crippen molar-refractivity contribution < 1.29 is 9.50 Å². The smallest absolute Gasteiger partial charge is 0.142 e. The Balaban J connectivity index is 2.20. The fourth-order valence-corrected chi connectivity index (χ4v) is 2.55. The van der Waals surface area contributed by atoms with Crippen molar-refractivity contribution in [2.24, 2.45) is 5.92 Å². The van der Waals surface area contributed by atoms with Gasteiger partial charge in [-0.15, -0.1) is 0 Å². The van der Waals surface area contributed by atoms with E-state index in [9.17, 15) is 9.50 Å². The zero-order chi connectivity index (χ0) is 12.6. The minimum absolute atomic E-state index is 0.0169. The van der Waals surface area contributed by atoms with Crippen molar-refractivity contribution in [1.82, 2.24) is 0 Å². The Labute approximate surface area is 111 Å². The van der Waals surface area contributed by atoms with Crippen LogP contribution in [0.2, 0.25) is 10.0 Å². The first-order valence-electron chi connectivity index (χ1n) is 5.77. The predicted molar refractivity (Wildman–Crippen MR) is 67.9 cm³/mol. The van der Waals surface area contributed by atoms with E-state index in [1.165, 1.54) is 25.0 Å². The van der Waals surface area contributed by atoms with Crippen LogP contribution in [0.5, 0.6) is 0 Å². The zero-order valence-corrected chi connectivity index (χ0v) is 11.2. The average Bonchev–Trinajstić information content (AvgIpc) is 3.04. The van der Waals surface area contributed by atoms with Gasteiger partial charge in [-0.3, -0.25) is 0 Å². The second-order valence-corrected chi connectivity index (χ2v) is 5.82. The molecule has 1 unspecified atom stereocenters. The van der Waals surface area contributed by atoms with Crippen molar-refractivity contribution >= 4 is 23.2 Å². The molecule has 0 aromatic heterocycles. The van der Waals surface area contributed by atoms with Crippen molar-refractivity contribution in [2.75, 3.05) is 0 Å². The van der Waals surface area contributed by atoms with Gasteiger partial charge in [0.25, 0.3) is 0 Å². The summed E-state index contributed by atoms with van der Waals surface area (Å²) in [4.78, 5) is 0. The fourth-order valence-electron chi connectivity index (χ4n) is 1.96. The molecule has 1 aromatic carbocycles. The molecule has 0 saturated heterocycles. The van der Waals surface area contributed by atoms with E-state index in [1.54, 1.807) is 6.92 Å². The van der Waals surface area contributed by atoms with Gasteiger partial charge >= 0.3 is 0 Å². The molecule has 1 nitrogen and oxygen atoms in total. The van der Waals surface area contributed by atoms with E-state index < -0.39 is 11.4 Å². The van der Waals surface area contributed by atoms with Crippen LogP contribution in [-0.2, 0) is 5.60 Å². The molecule has 0 amide bonds. The van der Waals surface area contributed by atoms with Crippen molar-refractivity contribution in [1.29, 1.82) is 0 Å². The van der Waals surface area contributed by atoms with Crippen molar-refractivity contribution in [2.45, 2.75) is 38.2 Å². The van der Waals surface area contributed by atoms with E-state index in [1.807, 2.05) is 0 Å². The fraction of sp³-hybridized carbons (Fsp3) is 0.538. The molecule has 1 saturated carbocycles. The number of halogens is 3. The standard InChI is InChI=1S/C13H15Cl2FO/c1-13(17,5-4-8-2-3-8)9-6-12(16)11(15)7-10(9)14/h6-8,17H,2-5H2,1H3. The highest BCUT2D eigenvalue weighted by atomic mass is 35.5. The molecule has 0 radical (unpaired) electrons. The number of benzene rings is 1. The van der Waals surface area contributed by atoms with Gasteiger partial charge in [-0.25, -0.2) is 4.39 Å². The van der Waals surface area contributed by atoms with Gasteiger partial charge in [0.05, 0.1) is 10.6 Å². The maximum Gasteiger partial charge on any atom is 0.142 e. The summed E-state index contributed by atoms with van der Waals surface area (Å²) >= 11 is 11.6. The maximum absolute atomic E-state index is 13.4. The second-order valence-electron chi connectivity index (χ2n) is 5.00.